The van der Waals surface area contributed by atoms with Gasteiger partial charge < -0.3 is 9.88 Å². The van der Waals surface area contributed by atoms with Crippen LogP contribution in [0.4, 0.5) is 10.2 Å². The Morgan fingerprint density at radius 3 is 2.56 bits per heavy atom. The molecule has 27 heavy (non-hydrogen) atoms. The van der Waals surface area contributed by atoms with Gasteiger partial charge in [0, 0.05) is 5.92 Å². The van der Waals surface area contributed by atoms with Crippen LogP contribution in [0.2, 0.25) is 0 Å². The molecule has 3 aromatic rings. The van der Waals surface area contributed by atoms with Crippen molar-refractivity contribution in [3.63, 3.8) is 0 Å². The second-order valence-electron chi connectivity index (χ2n) is 6.28. The summed E-state index contributed by atoms with van der Waals surface area (Å²) in [5.41, 5.74) is 1.78. The summed E-state index contributed by atoms with van der Waals surface area (Å²) in [5.74, 6) is -1.46. The molecule has 1 aromatic heterocycles. The lowest BCUT2D eigenvalue weighted by molar-refractivity contribution is -0.119. The zero-order valence-electron chi connectivity index (χ0n) is 14.1. The zero-order chi connectivity index (χ0) is 19.0. The van der Waals surface area contributed by atoms with Gasteiger partial charge in [0.2, 0.25) is 5.91 Å². The number of fused-ring (bicyclic) bond motifs is 1. The molecule has 4 rings (SSSR count). The Bertz CT molecular complexity index is 1100. The fraction of sp³-hybridized carbons (Fsp3) is 0.150. The lowest BCUT2D eigenvalue weighted by Crippen LogP contribution is -2.33. The Morgan fingerprint density at radius 1 is 1.19 bits per heavy atom. The van der Waals surface area contributed by atoms with Crippen molar-refractivity contribution in [2.45, 2.75) is 12.5 Å². The van der Waals surface area contributed by atoms with Crippen molar-refractivity contribution >= 4 is 35.3 Å². The van der Waals surface area contributed by atoms with E-state index in [9.17, 15) is 14.4 Å². The summed E-state index contributed by atoms with van der Waals surface area (Å²) in [6.07, 6.45) is 0. The van der Waals surface area contributed by atoms with Gasteiger partial charge >= 0.3 is 0 Å². The van der Waals surface area contributed by atoms with E-state index in [1.807, 2.05) is 34.9 Å². The molecule has 0 saturated heterocycles. The van der Waals surface area contributed by atoms with Crippen LogP contribution in [-0.4, -0.2) is 10.5 Å². The number of hydrogen-bond donors (Lipinski definition) is 1. The van der Waals surface area contributed by atoms with Crippen LogP contribution < -0.4 is 5.32 Å². The van der Waals surface area contributed by atoms with Gasteiger partial charge in [-0.3, -0.25) is 4.79 Å². The molecule has 0 bridgehead atoms. The molecule has 1 amide bonds. The van der Waals surface area contributed by atoms with E-state index in [0.717, 1.165) is 16.0 Å². The van der Waals surface area contributed by atoms with Crippen LogP contribution in [0.15, 0.2) is 54.6 Å². The second-order valence-corrected chi connectivity index (χ2v) is 7.95. The molecular formula is C20H14FN3OS2. The Hall–Kier alpha value is -2.82. The number of nitrogens with zero attached hydrogens (tertiary/aromatic N) is 2. The fourth-order valence-corrected chi connectivity index (χ4v) is 4.85. The standard InChI is InChI=1S/C20H14FN3OS2/c21-14-8-6-13(7-9-14)16-15(10-22)19(25)23-18-17(16)27-20(26)24(18)11-12-4-2-1-3-5-12/h1-9,15-16H,11H2,(H,23,25). The highest BCUT2D eigenvalue weighted by molar-refractivity contribution is 7.73. The van der Waals surface area contributed by atoms with Crippen molar-refractivity contribution in [1.82, 2.24) is 4.57 Å². The van der Waals surface area contributed by atoms with Gasteiger partial charge in [-0.25, -0.2) is 4.39 Å². The van der Waals surface area contributed by atoms with Crippen LogP contribution in [0, 0.1) is 27.0 Å². The molecule has 4 nitrogen and oxygen atoms in total. The number of thiazole rings is 1. The van der Waals surface area contributed by atoms with Gasteiger partial charge in [0.15, 0.2) is 3.95 Å². The van der Waals surface area contributed by atoms with Crippen molar-refractivity contribution in [3.8, 4) is 6.07 Å². The number of carbonyl (C=O) groups is 1. The third-order valence-corrected chi connectivity index (χ3v) is 6.15. The van der Waals surface area contributed by atoms with Gasteiger partial charge in [0.1, 0.15) is 17.6 Å². The molecule has 2 unspecified atom stereocenters. The summed E-state index contributed by atoms with van der Waals surface area (Å²) in [5, 5.41) is 12.4. The van der Waals surface area contributed by atoms with E-state index in [4.69, 9.17) is 12.2 Å². The van der Waals surface area contributed by atoms with E-state index < -0.39 is 11.8 Å². The molecule has 134 valence electrons. The van der Waals surface area contributed by atoms with Gasteiger partial charge in [0.05, 0.1) is 17.5 Å². The monoisotopic (exact) mass is 395 g/mol. The van der Waals surface area contributed by atoms with E-state index in [1.54, 1.807) is 12.1 Å². The summed E-state index contributed by atoms with van der Waals surface area (Å²) in [4.78, 5) is 13.4. The number of carbonyl (C=O) groups excluding carboxylic acids is 1. The maximum atomic E-state index is 13.4. The number of benzene rings is 2. The lowest BCUT2D eigenvalue weighted by atomic mass is 9.83. The predicted octanol–water partition coefficient (Wildman–Crippen LogP) is 4.69. The molecule has 2 heterocycles. The number of rotatable bonds is 3. The van der Waals surface area contributed by atoms with Crippen molar-refractivity contribution < 1.29 is 9.18 Å². The Kier molecular flexibility index (Phi) is 4.60. The number of nitriles is 1. The number of amides is 1. The normalized spacial score (nSPS) is 18.4. The van der Waals surface area contributed by atoms with Gasteiger partial charge in [-0.15, -0.1) is 11.3 Å². The highest BCUT2D eigenvalue weighted by Crippen LogP contribution is 2.44. The molecule has 1 N–H and O–H groups in total. The molecule has 0 radical (unpaired) electrons. The van der Waals surface area contributed by atoms with Gasteiger partial charge in [-0.1, -0.05) is 42.5 Å². The SMILES string of the molecule is N#CC1C(=O)Nc2c(sc(=S)n2Cc2ccccc2)C1c1ccc(F)cc1. The predicted molar refractivity (Wildman–Crippen MR) is 105 cm³/mol. The first kappa shape index (κ1) is 17.6. The summed E-state index contributed by atoms with van der Waals surface area (Å²) in [6, 6.07) is 17.8. The molecule has 2 atom stereocenters. The molecule has 0 fully saturated rings. The van der Waals surface area contributed by atoms with Crippen molar-refractivity contribution in [2.75, 3.05) is 5.32 Å². The molecule has 1 aliphatic heterocycles. The van der Waals surface area contributed by atoms with Crippen LogP contribution >= 0.6 is 23.6 Å². The first-order valence-electron chi connectivity index (χ1n) is 8.32. The molecule has 1 aliphatic rings. The Balaban J connectivity index is 1.84. The number of hydrogen-bond acceptors (Lipinski definition) is 4. The Labute approximate surface area is 164 Å². The van der Waals surface area contributed by atoms with Gasteiger partial charge in [-0.2, -0.15) is 5.26 Å². The van der Waals surface area contributed by atoms with Crippen molar-refractivity contribution in [1.29, 1.82) is 5.26 Å². The van der Waals surface area contributed by atoms with E-state index in [2.05, 4.69) is 11.4 Å². The number of anilines is 1. The summed E-state index contributed by atoms with van der Waals surface area (Å²) >= 11 is 6.93. The summed E-state index contributed by atoms with van der Waals surface area (Å²) < 4.78 is 15.9. The van der Waals surface area contributed by atoms with E-state index in [0.29, 0.717) is 16.3 Å². The molecule has 0 spiro atoms. The van der Waals surface area contributed by atoms with Crippen molar-refractivity contribution in [2.24, 2.45) is 5.92 Å². The minimum atomic E-state index is -0.888. The Morgan fingerprint density at radius 2 is 1.89 bits per heavy atom. The fourth-order valence-electron chi connectivity index (χ4n) is 3.32. The quantitative estimate of drug-likeness (QED) is 0.655. The van der Waals surface area contributed by atoms with Crippen LogP contribution in [-0.2, 0) is 11.3 Å². The summed E-state index contributed by atoms with van der Waals surface area (Å²) in [7, 11) is 0. The third-order valence-electron chi connectivity index (χ3n) is 4.61. The second kappa shape index (κ2) is 7.06. The maximum absolute atomic E-state index is 13.4. The highest BCUT2D eigenvalue weighted by Gasteiger charge is 2.40. The summed E-state index contributed by atoms with van der Waals surface area (Å²) in [6.45, 7) is 0.527. The number of aromatic nitrogens is 1. The zero-order valence-corrected chi connectivity index (χ0v) is 15.7. The van der Waals surface area contributed by atoms with Crippen LogP contribution in [0.25, 0.3) is 0 Å². The molecule has 7 heteroatoms. The molecule has 0 aliphatic carbocycles. The third kappa shape index (κ3) is 3.18. The molecular weight excluding hydrogens is 381 g/mol. The average Bonchev–Trinajstić information content (AvgIpc) is 2.97. The van der Waals surface area contributed by atoms with Crippen LogP contribution in [0.5, 0.6) is 0 Å². The smallest absolute Gasteiger partial charge is 0.243 e. The van der Waals surface area contributed by atoms with E-state index in [-0.39, 0.29) is 11.7 Å². The van der Waals surface area contributed by atoms with Gasteiger partial charge in [0.25, 0.3) is 0 Å². The minimum absolute atomic E-state index is 0.359. The number of halogens is 1. The van der Waals surface area contributed by atoms with Crippen LogP contribution in [0.3, 0.4) is 0 Å². The number of nitrogens with one attached hydrogen (secondary N) is 1. The minimum Gasteiger partial charge on any atom is -0.310 e. The van der Waals surface area contributed by atoms with E-state index in [1.165, 1.54) is 23.5 Å². The highest BCUT2D eigenvalue weighted by atomic mass is 32.1. The van der Waals surface area contributed by atoms with Crippen LogP contribution in [0.1, 0.15) is 21.9 Å². The largest absolute Gasteiger partial charge is 0.310 e. The van der Waals surface area contributed by atoms with Gasteiger partial charge in [-0.05, 0) is 35.5 Å². The van der Waals surface area contributed by atoms with Crippen molar-refractivity contribution in [3.05, 3.63) is 80.4 Å². The molecule has 2 aromatic carbocycles. The topological polar surface area (TPSA) is 57.8 Å². The first-order valence-corrected chi connectivity index (χ1v) is 9.54. The van der Waals surface area contributed by atoms with E-state index >= 15 is 0 Å². The lowest BCUT2D eigenvalue weighted by Gasteiger charge is -2.27. The first-order chi connectivity index (χ1) is 13.1. The average molecular weight is 395 g/mol. The molecule has 0 saturated carbocycles. The maximum Gasteiger partial charge on any atom is 0.243 e.